The molecule has 1 aliphatic rings. The topological polar surface area (TPSA) is 105 Å². The number of hydrogen-bond donors (Lipinski definition) is 2. The van der Waals surface area contributed by atoms with E-state index >= 15 is 0 Å². The Morgan fingerprint density at radius 2 is 1.93 bits per heavy atom. The van der Waals surface area contributed by atoms with E-state index in [4.69, 9.17) is 10.5 Å². The minimum atomic E-state index is -0.805. The maximum absolute atomic E-state index is 13.2. The Bertz CT molecular complexity index is 570. The van der Waals surface area contributed by atoms with Gasteiger partial charge in [0.05, 0.1) is 6.54 Å². The van der Waals surface area contributed by atoms with E-state index in [1.807, 2.05) is 13.0 Å². The van der Waals surface area contributed by atoms with E-state index in [0.29, 0.717) is 25.6 Å². The summed E-state index contributed by atoms with van der Waals surface area (Å²) in [4.78, 5) is 40.6. The molecule has 0 radical (unpaired) electrons. The second-order valence-electron chi connectivity index (χ2n) is 8.58. The monoisotopic (exact) mass is 410 g/mol. The van der Waals surface area contributed by atoms with Crippen LogP contribution in [0.25, 0.3) is 0 Å². The molecule has 166 valence electrons. The van der Waals surface area contributed by atoms with Gasteiger partial charge in [-0.25, -0.2) is 4.79 Å². The molecule has 0 aromatic heterocycles. The van der Waals surface area contributed by atoms with E-state index in [1.165, 1.54) is 4.90 Å². The van der Waals surface area contributed by atoms with E-state index < -0.39 is 23.6 Å². The molecule has 0 saturated heterocycles. The van der Waals surface area contributed by atoms with Crippen molar-refractivity contribution in [2.24, 2.45) is 5.73 Å². The molecule has 1 saturated carbocycles. The van der Waals surface area contributed by atoms with Gasteiger partial charge in [0.15, 0.2) is 0 Å². The lowest BCUT2D eigenvalue weighted by Gasteiger charge is -2.32. The fourth-order valence-corrected chi connectivity index (χ4v) is 3.12. The van der Waals surface area contributed by atoms with Crippen molar-refractivity contribution in [3.05, 3.63) is 12.7 Å². The zero-order valence-electron chi connectivity index (χ0n) is 18.4. The van der Waals surface area contributed by atoms with Gasteiger partial charge in [0.25, 0.3) is 0 Å². The number of primary amides is 1. The van der Waals surface area contributed by atoms with Crippen LogP contribution in [0.3, 0.4) is 0 Å². The predicted molar refractivity (Wildman–Crippen MR) is 113 cm³/mol. The summed E-state index contributed by atoms with van der Waals surface area (Å²) >= 11 is 0. The maximum atomic E-state index is 13.2. The van der Waals surface area contributed by atoms with Crippen LogP contribution < -0.4 is 11.1 Å². The molecule has 3 N–H and O–H groups in total. The van der Waals surface area contributed by atoms with Gasteiger partial charge in [-0.05, 0) is 59.4 Å². The van der Waals surface area contributed by atoms with Crippen LogP contribution in [0.2, 0.25) is 0 Å². The van der Waals surface area contributed by atoms with Gasteiger partial charge in [0, 0.05) is 19.1 Å². The van der Waals surface area contributed by atoms with Crippen LogP contribution in [0.15, 0.2) is 12.7 Å². The molecule has 0 aliphatic heterocycles. The van der Waals surface area contributed by atoms with Crippen molar-refractivity contribution in [3.8, 4) is 0 Å². The fourth-order valence-electron chi connectivity index (χ4n) is 3.12. The Morgan fingerprint density at radius 1 is 1.28 bits per heavy atom. The van der Waals surface area contributed by atoms with Crippen LogP contribution >= 0.6 is 0 Å². The second kappa shape index (κ2) is 11.8. The first-order valence-corrected chi connectivity index (χ1v) is 10.5. The van der Waals surface area contributed by atoms with Crippen molar-refractivity contribution < 1.29 is 19.1 Å². The molecular formula is C21H38N4O4. The van der Waals surface area contributed by atoms with Gasteiger partial charge in [-0.1, -0.05) is 13.0 Å². The lowest BCUT2D eigenvalue weighted by molar-refractivity contribution is -0.137. The smallest absolute Gasteiger partial charge is 0.408 e. The average Bonchev–Trinajstić information content (AvgIpc) is 3.42. The highest BCUT2D eigenvalue weighted by atomic mass is 16.6. The molecule has 1 rings (SSSR count). The molecule has 1 atom stereocenters. The average molecular weight is 411 g/mol. The van der Waals surface area contributed by atoms with Gasteiger partial charge >= 0.3 is 6.09 Å². The number of hydrogen-bond acceptors (Lipinski definition) is 5. The number of unbranched alkanes of at least 4 members (excludes halogenated alkanes) is 1. The first-order valence-electron chi connectivity index (χ1n) is 10.5. The molecule has 3 amide bonds. The Kier molecular flexibility index (Phi) is 10.2. The highest BCUT2D eigenvalue weighted by Crippen LogP contribution is 2.27. The molecule has 1 aliphatic carbocycles. The molecule has 0 aromatic rings. The first kappa shape index (κ1) is 24.9. The number of allylic oxidation sites excluding steroid dienone is 1. The van der Waals surface area contributed by atoms with Gasteiger partial charge < -0.3 is 20.7 Å². The lowest BCUT2D eigenvalue weighted by Crippen LogP contribution is -2.56. The van der Waals surface area contributed by atoms with Gasteiger partial charge in [-0.2, -0.15) is 0 Å². The predicted octanol–water partition coefficient (Wildman–Crippen LogP) is 2.03. The molecule has 8 heteroatoms. The number of nitrogens with zero attached hydrogens (tertiary/aromatic N) is 2. The Balaban J connectivity index is 2.95. The summed E-state index contributed by atoms with van der Waals surface area (Å²) in [5, 5.41) is 2.72. The van der Waals surface area contributed by atoms with Gasteiger partial charge in [0.1, 0.15) is 11.6 Å². The highest BCUT2D eigenvalue weighted by molar-refractivity contribution is 5.89. The van der Waals surface area contributed by atoms with Crippen LogP contribution in [0.1, 0.15) is 59.8 Å². The van der Waals surface area contributed by atoms with Crippen LogP contribution in [0.4, 0.5) is 4.79 Å². The summed E-state index contributed by atoms with van der Waals surface area (Å²) in [6.07, 6.45) is 5.92. The summed E-state index contributed by atoms with van der Waals surface area (Å²) in [6.45, 7) is 12.4. The Morgan fingerprint density at radius 3 is 2.41 bits per heavy atom. The van der Waals surface area contributed by atoms with Gasteiger partial charge in [0.2, 0.25) is 11.8 Å². The van der Waals surface area contributed by atoms with E-state index in [2.05, 4.69) is 16.8 Å². The summed E-state index contributed by atoms with van der Waals surface area (Å²) in [5.41, 5.74) is 4.65. The quantitative estimate of drug-likeness (QED) is 0.357. The Hall–Kier alpha value is -2.09. The lowest BCUT2D eigenvalue weighted by atomic mass is 10.2. The van der Waals surface area contributed by atoms with Crippen molar-refractivity contribution in [3.63, 3.8) is 0 Å². The number of nitrogens with two attached hydrogens (primary N) is 1. The van der Waals surface area contributed by atoms with E-state index in [-0.39, 0.29) is 12.5 Å². The molecular weight excluding hydrogens is 372 g/mol. The number of rotatable bonds is 13. The number of alkyl carbamates (subject to hydrolysis) is 1. The molecule has 8 nitrogen and oxygen atoms in total. The number of nitrogens with one attached hydrogen (secondary N) is 1. The molecule has 0 aromatic carbocycles. The number of amides is 3. The van der Waals surface area contributed by atoms with Crippen LogP contribution in [-0.2, 0) is 14.3 Å². The zero-order chi connectivity index (χ0) is 22.0. The highest BCUT2D eigenvalue weighted by Gasteiger charge is 2.35. The number of carbonyl (C=O) groups excluding carboxylic acids is 3. The normalized spacial score (nSPS) is 14.9. The van der Waals surface area contributed by atoms with Crippen LogP contribution in [0.5, 0.6) is 0 Å². The van der Waals surface area contributed by atoms with Crippen LogP contribution in [-0.4, -0.2) is 71.6 Å². The van der Waals surface area contributed by atoms with Gasteiger partial charge in [-0.3, -0.25) is 14.5 Å². The minimum absolute atomic E-state index is 0.168. The summed E-state index contributed by atoms with van der Waals surface area (Å²) in [6, 6.07) is -0.383. The Labute approximate surface area is 174 Å². The van der Waals surface area contributed by atoms with Gasteiger partial charge in [-0.15, -0.1) is 6.58 Å². The fraction of sp³-hybridized carbons (Fsp3) is 0.762. The van der Waals surface area contributed by atoms with Crippen molar-refractivity contribution in [1.29, 1.82) is 0 Å². The van der Waals surface area contributed by atoms with E-state index in [9.17, 15) is 14.4 Å². The standard InChI is InChI=1S/C21H38N4O4/c1-6-8-9-13-24(16-10-11-16)14-17(23-20(28)29-21(3,4)5)19(27)25(12-7-2)15-18(22)26/h6,16-17H,1,7-15H2,2-5H3,(H2,22,26)(H,23,28)/t17-/m0/s1. The molecule has 0 heterocycles. The molecule has 0 bridgehead atoms. The largest absolute Gasteiger partial charge is 0.444 e. The van der Waals surface area contributed by atoms with Crippen molar-refractivity contribution in [2.75, 3.05) is 26.2 Å². The van der Waals surface area contributed by atoms with Crippen molar-refractivity contribution >= 4 is 17.9 Å². The SMILES string of the molecule is C=CCCCN(C[C@H](NC(=O)OC(C)(C)C)C(=O)N(CCC)CC(N)=O)C1CC1. The van der Waals surface area contributed by atoms with Crippen molar-refractivity contribution in [1.82, 2.24) is 15.1 Å². The molecule has 29 heavy (non-hydrogen) atoms. The second-order valence-corrected chi connectivity index (χ2v) is 8.58. The third-order valence-corrected chi connectivity index (χ3v) is 4.47. The van der Waals surface area contributed by atoms with E-state index in [0.717, 1.165) is 32.2 Å². The number of ether oxygens (including phenoxy) is 1. The summed E-state index contributed by atoms with van der Waals surface area (Å²) in [5.74, 6) is -0.890. The third-order valence-electron chi connectivity index (χ3n) is 4.47. The van der Waals surface area contributed by atoms with Crippen molar-refractivity contribution in [2.45, 2.75) is 77.5 Å². The molecule has 1 fully saturated rings. The first-order chi connectivity index (χ1) is 13.6. The third kappa shape index (κ3) is 10.3. The van der Waals surface area contributed by atoms with E-state index in [1.54, 1.807) is 20.8 Å². The minimum Gasteiger partial charge on any atom is -0.444 e. The summed E-state index contributed by atoms with van der Waals surface area (Å²) < 4.78 is 5.35. The zero-order valence-corrected chi connectivity index (χ0v) is 18.4. The number of carbonyl (C=O) groups is 3. The summed E-state index contributed by atoms with van der Waals surface area (Å²) in [7, 11) is 0. The molecule has 0 unspecified atom stereocenters. The van der Waals surface area contributed by atoms with Crippen LogP contribution in [0, 0.1) is 0 Å². The maximum Gasteiger partial charge on any atom is 0.408 e. The molecule has 0 spiro atoms.